The minimum atomic E-state index is -0.696. The largest absolute Gasteiger partial charge is 0.389 e. The van der Waals surface area contributed by atoms with E-state index in [0.717, 1.165) is 6.54 Å². The number of benzene rings is 1. The number of hydrogen-bond donors (Lipinski definition) is 2. The summed E-state index contributed by atoms with van der Waals surface area (Å²) in [5.41, 5.74) is 6.39. The Kier molecular flexibility index (Phi) is 5.12. The van der Waals surface area contributed by atoms with Crippen LogP contribution in [0.4, 0.5) is 0 Å². The first kappa shape index (κ1) is 14.2. The summed E-state index contributed by atoms with van der Waals surface area (Å²) in [7, 11) is 0. The van der Waals surface area contributed by atoms with Crippen LogP contribution in [0, 0.1) is 0 Å². The quantitative estimate of drug-likeness (QED) is 0.791. The fraction of sp³-hybridized carbons (Fsp3) is 0.571. The van der Waals surface area contributed by atoms with Gasteiger partial charge >= 0.3 is 0 Å². The van der Waals surface area contributed by atoms with Crippen LogP contribution < -0.4 is 5.73 Å². The van der Waals surface area contributed by atoms with Gasteiger partial charge in [-0.15, -0.1) is 0 Å². The highest BCUT2D eigenvalue weighted by molar-refractivity contribution is 5.19. The summed E-state index contributed by atoms with van der Waals surface area (Å²) in [5.74, 6) is 0. The maximum Gasteiger partial charge on any atom is 0.0718 e. The third-order valence-electron chi connectivity index (χ3n) is 2.84. The smallest absolute Gasteiger partial charge is 0.0718 e. The Hall–Kier alpha value is -0.900. The van der Waals surface area contributed by atoms with E-state index in [9.17, 15) is 5.11 Å². The predicted molar refractivity (Wildman–Crippen MR) is 71.8 cm³/mol. The summed E-state index contributed by atoms with van der Waals surface area (Å²) >= 11 is 0. The monoisotopic (exact) mass is 236 g/mol. The van der Waals surface area contributed by atoms with Crippen molar-refractivity contribution < 1.29 is 5.11 Å². The fourth-order valence-corrected chi connectivity index (χ4v) is 2.11. The van der Waals surface area contributed by atoms with Gasteiger partial charge in [0.1, 0.15) is 0 Å². The van der Waals surface area contributed by atoms with Crippen molar-refractivity contribution in [3.05, 3.63) is 35.9 Å². The Morgan fingerprint density at radius 1 is 1.29 bits per heavy atom. The summed E-state index contributed by atoms with van der Waals surface area (Å²) in [6.45, 7) is 7.81. The number of nitrogens with zero attached hydrogens (tertiary/aromatic N) is 1. The zero-order chi connectivity index (χ0) is 12.9. The van der Waals surface area contributed by atoms with Crippen molar-refractivity contribution in [3.8, 4) is 0 Å². The molecule has 1 aromatic carbocycles. The highest BCUT2D eigenvalue weighted by atomic mass is 16.3. The third-order valence-corrected chi connectivity index (χ3v) is 2.84. The van der Waals surface area contributed by atoms with Crippen LogP contribution in [0.2, 0.25) is 0 Å². The third kappa shape index (κ3) is 4.46. The standard InChI is InChI=1S/C14H24N2O/c1-4-16(11-14(2,3)17)13(10-15)12-8-6-5-7-9-12/h5-9,13,17H,4,10-11,15H2,1-3H3. The molecule has 1 unspecified atom stereocenters. The van der Waals surface area contributed by atoms with Gasteiger partial charge in [-0.1, -0.05) is 37.3 Å². The zero-order valence-corrected chi connectivity index (χ0v) is 11.1. The van der Waals surface area contributed by atoms with Gasteiger partial charge in [-0.2, -0.15) is 0 Å². The molecule has 0 aliphatic heterocycles. The topological polar surface area (TPSA) is 49.5 Å². The lowest BCUT2D eigenvalue weighted by molar-refractivity contribution is 0.0235. The minimum absolute atomic E-state index is 0.174. The Labute approximate surface area is 104 Å². The second-order valence-corrected chi connectivity index (χ2v) is 5.04. The van der Waals surface area contributed by atoms with Crippen molar-refractivity contribution >= 4 is 0 Å². The Balaban J connectivity index is 2.84. The summed E-state index contributed by atoms with van der Waals surface area (Å²) in [6.07, 6.45) is 0. The zero-order valence-electron chi connectivity index (χ0n) is 11.1. The molecular formula is C14H24N2O. The molecular weight excluding hydrogens is 212 g/mol. The summed E-state index contributed by atoms with van der Waals surface area (Å²) in [4.78, 5) is 2.22. The van der Waals surface area contributed by atoms with E-state index in [0.29, 0.717) is 13.1 Å². The maximum atomic E-state index is 9.93. The lowest BCUT2D eigenvalue weighted by Gasteiger charge is -2.34. The lowest BCUT2D eigenvalue weighted by Crippen LogP contribution is -2.42. The van der Waals surface area contributed by atoms with Crippen molar-refractivity contribution in [2.45, 2.75) is 32.4 Å². The van der Waals surface area contributed by atoms with Gasteiger partial charge in [0.05, 0.1) is 5.60 Å². The molecule has 0 heterocycles. The van der Waals surface area contributed by atoms with Crippen molar-refractivity contribution in [1.82, 2.24) is 4.90 Å². The molecule has 0 aliphatic rings. The molecule has 0 aromatic heterocycles. The van der Waals surface area contributed by atoms with Crippen molar-refractivity contribution in [2.75, 3.05) is 19.6 Å². The van der Waals surface area contributed by atoms with Crippen LogP contribution in [-0.2, 0) is 0 Å². The molecule has 3 N–H and O–H groups in total. The summed E-state index contributed by atoms with van der Waals surface area (Å²) < 4.78 is 0. The fourth-order valence-electron chi connectivity index (χ4n) is 2.11. The molecule has 1 atom stereocenters. The molecule has 0 saturated carbocycles. The van der Waals surface area contributed by atoms with Crippen LogP contribution in [0.5, 0.6) is 0 Å². The normalized spacial score (nSPS) is 14.0. The van der Waals surface area contributed by atoms with Crippen LogP contribution in [-0.4, -0.2) is 35.2 Å². The average Bonchev–Trinajstić information content (AvgIpc) is 2.28. The predicted octanol–water partition coefficient (Wildman–Crippen LogP) is 1.78. The van der Waals surface area contributed by atoms with E-state index < -0.39 is 5.60 Å². The summed E-state index contributed by atoms with van der Waals surface area (Å²) in [6, 6.07) is 10.4. The molecule has 0 saturated heterocycles. The second kappa shape index (κ2) is 6.15. The van der Waals surface area contributed by atoms with Gasteiger partial charge < -0.3 is 10.8 Å². The van der Waals surface area contributed by atoms with E-state index >= 15 is 0 Å². The molecule has 3 nitrogen and oxygen atoms in total. The number of rotatable bonds is 6. The highest BCUT2D eigenvalue weighted by Crippen LogP contribution is 2.21. The van der Waals surface area contributed by atoms with Gasteiger partial charge in [-0.25, -0.2) is 0 Å². The van der Waals surface area contributed by atoms with Gasteiger partial charge in [-0.05, 0) is 26.0 Å². The van der Waals surface area contributed by atoms with Gasteiger partial charge in [0.15, 0.2) is 0 Å². The van der Waals surface area contributed by atoms with Crippen molar-refractivity contribution in [3.63, 3.8) is 0 Å². The number of hydrogen-bond acceptors (Lipinski definition) is 3. The molecule has 0 fully saturated rings. The number of aliphatic hydroxyl groups is 1. The van der Waals surface area contributed by atoms with E-state index in [1.54, 1.807) is 0 Å². The van der Waals surface area contributed by atoms with Gasteiger partial charge in [0.25, 0.3) is 0 Å². The Morgan fingerprint density at radius 3 is 2.29 bits per heavy atom. The van der Waals surface area contributed by atoms with E-state index in [2.05, 4.69) is 24.0 Å². The van der Waals surface area contributed by atoms with Crippen LogP contribution in [0.1, 0.15) is 32.4 Å². The first-order chi connectivity index (χ1) is 7.98. The van der Waals surface area contributed by atoms with E-state index in [1.807, 2.05) is 32.0 Å². The van der Waals surface area contributed by atoms with E-state index in [-0.39, 0.29) is 6.04 Å². The van der Waals surface area contributed by atoms with Crippen LogP contribution in [0.25, 0.3) is 0 Å². The first-order valence-corrected chi connectivity index (χ1v) is 6.19. The molecule has 17 heavy (non-hydrogen) atoms. The molecule has 96 valence electrons. The molecule has 0 spiro atoms. The van der Waals surface area contributed by atoms with E-state index in [1.165, 1.54) is 5.56 Å². The molecule has 0 radical (unpaired) electrons. The first-order valence-electron chi connectivity index (χ1n) is 6.19. The molecule has 1 rings (SSSR count). The van der Waals surface area contributed by atoms with Crippen molar-refractivity contribution in [2.24, 2.45) is 5.73 Å². The van der Waals surface area contributed by atoms with Crippen molar-refractivity contribution in [1.29, 1.82) is 0 Å². The second-order valence-electron chi connectivity index (χ2n) is 5.04. The highest BCUT2D eigenvalue weighted by Gasteiger charge is 2.23. The van der Waals surface area contributed by atoms with Crippen LogP contribution in [0.15, 0.2) is 30.3 Å². The SMILES string of the molecule is CCN(CC(C)(C)O)C(CN)c1ccccc1. The van der Waals surface area contributed by atoms with E-state index in [4.69, 9.17) is 5.73 Å². The van der Waals surface area contributed by atoms with Crippen LogP contribution in [0.3, 0.4) is 0 Å². The minimum Gasteiger partial charge on any atom is -0.389 e. The number of nitrogens with two attached hydrogens (primary N) is 1. The molecule has 1 aromatic rings. The Bertz CT molecular complexity index is 319. The van der Waals surface area contributed by atoms with Gasteiger partial charge in [-0.3, -0.25) is 4.90 Å². The average molecular weight is 236 g/mol. The number of likely N-dealkylation sites (N-methyl/N-ethyl adjacent to an activating group) is 1. The van der Waals surface area contributed by atoms with Gasteiger partial charge in [0.2, 0.25) is 0 Å². The Morgan fingerprint density at radius 2 is 1.88 bits per heavy atom. The summed E-state index contributed by atoms with van der Waals surface area (Å²) in [5, 5.41) is 9.93. The van der Waals surface area contributed by atoms with Gasteiger partial charge in [0, 0.05) is 19.1 Å². The molecule has 0 amide bonds. The molecule has 3 heteroatoms. The lowest BCUT2D eigenvalue weighted by atomic mass is 10.0. The van der Waals surface area contributed by atoms with Crippen LogP contribution >= 0.6 is 0 Å². The molecule has 0 aliphatic carbocycles. The maximum absolute atomic E-state index is 9.93. The molecule has 0 bridgehead atoms.